The number of fused-ring (bicyclic) bond motifs is 1. The van der Waals surface area contributed by atoms with Gasteiger partial charge in [-0.3, -0.25) is 0 Å². The minimum atomic E-state index is -1.05. The number of nitrogens with zero attached hydrogens (tertiary/aromatic N) is 2. The summed E-state index contributed by atoms with van der Waals surface area (Å²) < 4.78 is 6.93. The summed E-state index contributed by atoms with van der Waals surface area (Å²) in [5, 5.41) is 15.7. The second kappa shape index (κ2) is 6.37. The smallest absolute Gasteiger partial charge is 0.356 e. The molecule has 4 aromatic rings. The molecule has 0 saturated carbocycles. The molecular weight excluding hydrogens is 328 g/mol. The molecule has 0 aliphatic carbocycles. The number of aromatic nitrogens is 2. The number of rotatable bonds is 4. The topological polar surface area (TPSA) is 64.3 Å². The minimum Gasteiger partial charge on any atom is -0.497 e. The first-order chi connectivity index (χ1) is 12.7. The summed E-state index contributed by atoms with van der Waals surface area (Å²) in [5.74, 6) is -0.251. The van der Waals surface area contributed by atoms with Gasteiger partial charge in [0.25, 0.3) is 0 Å². The van der Waals surface area contributed by atoms with Gasteiger partial charge in [0, 0.05) is 5.56 Å². The van der Waals surface area contributed by atoms with Crippen LogP contribution in [0.2, 0.25) is 0 Å². The molecule has 0 amide bonds. The molecule has 0 fully saturated rings. The normalized spacial score (nSPS) is 10.8. The lowest BCUT2D eigenvalue weighted by molar-refractivity contribution is 0.0690. The van der Waals surface area contributed by atoms with E-state index in [0.29, 0.717) is 0 Å². The maximum atomic E-state index is 11.4. The van der Waals surface area contributed by atoms with E-state index in [9.17, 15) is 9.90 Å². The highest BCUT2D eigenvalue weighted by Gasteiger charge is 2.16. The average molecular weight is 344 g/mol. The lowest BCUT2D eigenvalue weighted by Gasteiger charge is -2.09. The fraction of sp³-hybridized carbons (Fsp3) is 0.0476. The van der Waals surface area contributed by atoms with Crippen LogP contribution in [0, 0.1) is 0 Å². The van der Waals surface area contributed by atoms with Crippen molar-refractivity contribution in [3.05, 3.63) is 78.5 Å². The van der Waals surface area contributed by atoms with E-state index in [1.54, 1.807) is 17.9 Å². The largest absolute Gasteiger partial charge is 0.497 e. The maximum Gasteiger partial charge on any atom is 0.356 e. The van der Waals surface area contributed by atoms with Crippen LogP contribution in [0.25, 0.3) is 27.7 Å². The van der Waals surface area contributed by atoms with Crippen molar-refractivity contribution in [3.8, 4) is 22.7 Å². The first-order valence-corrected chi connectivity index (χ1v) is 8.13. The molecule has 0 unspecified atom stereocenters. The van der Waals surface area contributed by atoms with Crippen molar-refractivity contribution in [1.82, 2.24) is 9.78 Å². The van der Waals surface area contributed by atoms with Gasteiger partial charge in [-0.15, -0.1) is 0 Å². The number of hydrogen-bond acceptors (Lipinski definition) is 3. The molecule has 0 atom stereocenters. The van der Waals surface area contributed by atoms with E-state index in [0.717, 1.165) is 33.5 Å². The Morgan fingerprint density at radius 1 is 0.962 bits per heavy atom. The Hall–Kier alpha value is -3.60. The summed E-state index contributed by atoms with van der Waals surface area (Å²) in [7, 11) is 1.64. The zero-order valence-electron chi connectivity index (χ0n) is 14.1. The van der Waals surface area contributed by atoms with Gasteiger partial charge in [0.05, 0.1) is 18.5 Å². The summed E-state index contributed by atoms with van der Waals surface area (Å²) in [6, 6.07) is 22.9. The Labute approximate surface area is 150 Å². The van der Waals surface area contributed by atoms with Crippen molar-refractivity contribution in [2.75, 3.05) is 7.11 Å². The minimum absolute atomic E-state index is 0.0127. The highest BCUT2D eigenvalue weighted by atomic mass is 16.5. The summed E-state index contributed by atoms with van der Waals surface area (Å²) in [6.07, 6.45) is 0. The fourth-order valence-electron chi connectivity index (χ4n) is 2.97. The van der Waals surface area contributed by atoms with Gasteiger partial charge in [0.2, 0.25) is 0 Å². The van der Waals surface area contributed by atoms with Crippen LogP contribution >= 0.6 is 0 Å². The Morgan fingerprint density at radius 2 is 1.69 bits per heavy atom. The molecule has 0 aliphatic rings. The van der Waals surface area contributed by atoms with Gasteiger partial charge in [-0.2, -0.15) is 5.10 Å². The first-order valence-electron chi connectivity index (χ1n) is 8.13. The number of para-hydroxylation sites is 1. The highest BCUT2D eigenvalue weighted by Crippen LogP contribution is 2.29. The van der Waals surface area contributed by atoms with E-state index in [2.05, 4.69) is 5.10 Å². The number of ether oxygens (including phenoxy) is 1. The summed E-state index contributed by atoms with van der Waals surface area (Å²) in [5.41, 5.74) is 2.45. The van der Waals surface area contributed by atoms with E-state index in [1.165, 1.54) is 0 Å². The number of hydrogen-bond donors (Lipinski definition) is 1. The van der Waals surface area contributed by atoms with Crippen LogP contribution in [0.3, 0.4) is 0 Å². The van der Waals surface area contributed by atoms with Crippen LogP contribution in [0.4, 0.5) is 0 Å². The molecule has 0 spiro atoms. The standard InChI is InChI=1S/C21H16N2O3/c1-26-18-10-9-14-11-16(8-7-15(14)12-18)20-13-19(21(24)25)22-23(20)17-5-3-2-4-6-17/h2-13H,1H3,(H,24,25). The second-order valence-corrected chi connectivity index (χ2v) is 5.90. The molecule has 5 heteroatoms. The average Bonchev–Trinajstić information content (AvgIpc) is 3.13. The molecule has 3 aromatic carbocycles. The van der Waals surface area contributed by atoms with Crippen molar-refractivity contribution >= 4 is 16.7 Å². The Morgan fingerprint density at radius 3 is 2.42 bits per heavy atom. The van der Waals surface area contributed by atoms with Gasteiger partial charge >= 0.3 is 5.97 Å². The zero-order chi connectivity index (χ0) is 18.1. The summed E-state index contributed by atoms with van der Waals surface area (Å²) in [4.78, 5) is 11.4. The van der Waals surface area contributed by atoms with Crippen molar-refractivity contribution in [2.45, 2.75) is 0 Å². The Balaban J connectivity index is 1.89. The molecular formula is C21H16N2O3. The molecule has 0 aliphatic heterocycles. The molecule has 0 radical (unpaired) electrons. The molecule has 5 nitrogen and oxygen atoms in total. The fourth-order valence-corrected chi connectivity index (χ4v) is 2.97. The van der Waals surface area contributed by atoms with Gasteiger partial charge in [0.15, 0.2) is 5.69 Å². The number of carboxylic acid groups (broad SMARTS) is 1. The molecule has 0 bridgehead atoms. The Kier molecular flexibility index (Phi) is 3.89. The SMILES string of the molecule is COc1ccc2cc(-c3cc(C(=O)O)nn3-c3ccccc3)ccc2c1. The van der Waals surface area contributed by atoms with Crippen LogP contribution in [-0.4, -0.2) is 28.0 Å². The van der Waals surface area contributed by atoms with Crippen LogP contribution in [0.1, 0.15) is 10.5 Å². The van der Waals surface area contributed by atoms with Crippen molar-refractivity contribution in [2.24, 2.45) is 0 Å². The van der Waals surface area contributed by atoms with Crippen molar-refractivity contribution in [3.63, 3.8) is 0 Å². The van der Waals surface area contributed by atoms with Crippen LogP contribution < -0.4 is 4.74 Å². The monoisotopic (exact) mass is 344 g/mol. The predicted molar refractivity (Wildman–Crippen MR) is 100 cm³/mol. The van der Waals surface area contributed by atoms with Crippen LogP contribution in [0.5, 0.6) is 5.75 Å². The van der Waals surface area contributed by atoms with Crippen molar-refractivity contribution < 1.29 is 14.6 Å². The van der Waals surface area contributed by atoms with Gasteiger partial charge in [-0.25, -0.2) is 9.48 Å². The summed E-state index contributed by atoms with van der Waals surface area (Å²) in [6.45, 7) is 0. The number of benzene rings is 3. The molecule has 1 aromatic heterocycles. The van der Waals surface area contributed by atoms with E-state index >= 15 is 0 Å². The number of carboxylic acids is 1. The quantitative estimate of drug-likeness (QED) is 0.596. The second-order valence-electron chi connectivity index (χ2n) is 5.90. The third-order valence-electron chi connectivity index (χ3n) is 4.27. The Bertz CT molecular complexity index is 1100. The summed E-state index contributed by atoms with van der Waals surface area (Å²) >= 11 is 0. The van der Waals surface area contributed by atoms with Gasteiger partial charge in [0.1, 0.15) is 5.75 Å². The first kappa shape index (κ1) is 15.9. The van der Waals surface area contributed by atoms with E-state index in [1.807, 2.05) is 66.7 Å². The van der Waals surface area contributed by atoms with E-state index in [4.69, 9.17) is 4.74 Å². The maximum absolute atomic E-state index is 11.4. The third-order valence-corrected chi connectivity index (χ3v) is 4.27. The molecule has 1 heterocycles. The molecule has 4 rings (SSSR count). The van der Waals surface area contributed by atoms with Gasteiger partial charge in [-0.05, 0) is 47.2 Å². The van der Waals surface area contributed by atoms with Crippen LogP contribution in [0.15, 0.2) is 72.8 Å². The number of aromatic carboxylic acids is 1. The molecule has 1 N–H and O–H groups in total. The molecule has 0 saturated heterocycles. The van der Waals surface area contributed by atoms with Crippen molar-refractivity contribution in [1.29, 1.82) is 0 Å². The lowest BCUT2D eigenvalue weighted by Crippen LogP contribution is -2.02. The van der Waals surface area contributed by atoms with E-state index in [-0.39, 0.29) is 5.69 Å². The lowest BCUT2D eigenvalue weighted by atomic mass is 10.0. The molecule has 128 valence electrons. The number of carbonyl (C=O) groups is 1. The molecule has 26 heavy (non-hydrogen) atoms. The van der Waals surface area contributed by atoms with E-state index < -0.39 is 5.97 Å². The van der Waals surface area contributed by atoms with Gasteiger partial charge < -0.3 is 9.84 Å². The predicted octanol–water partition coefficient (Wildman–Crippen LogP) is 4.40. The third kappa shape index (κ3) is 2.80. The highest BCUT2D eigenvalue weighted by molar-refractivity contribution is 5.90. The van der Waals surface area contributed by atoms with Gasteiger partial charge in [-0.1, -0.05) is 36.4 Å². The zero-order valence-corrected chi connectivity index (χ0v) is 14.1. The van der Waals surface area contributed by atoms with Crippen LogP contribution in [-0.2, 0) is 0 Å². The number of methoxy groups -OCH3 is 1.